The minimum absolute atomic E-state index is 0.430. The number of piperazine rings is 1. The molecule has 0 amide bonds. The largest absolute Gasteiger partial charge is 0.366 e. The van der Waals surface area contributed by atoms with Gasteiger partial charge in [-0.3, -0.25) is 4.40 Å². The van der Waals surface area contributed by atoms with Crippen molar-refractivity contribution in [1.29, 1.82) is 0 Å². The highest BCUT2D eigenvalue weighted by Crippen LogP contribution is 2.24. The van der Waals surface area contributed by atoms with Crippen LogP contribution in [0, 0.1) is 11.6 Å². The molecule has 0 bridgehead atoms. The summed E-state index contributed by atoms with van der Waals surface area (Å²) in [5, 5.41) is 7.98. The summed E-state index contributed by atoms with van der Waals surface area (Å²) in [5.74, 6) is -0.326. The summed E-state index contributed by atoms with van der Waals surface area (Å²) in [4.78, 5) is 8.40. The molecule has 3 heterocycles. The van der Waals surface area contributed by atoms with Gasteiger partial charge in [0.15, 0.2) is 5.82 Å². The Bertz CT molecular complexity index is 841. The average Bonchev–Trinajstić information content (AvgIpc) is 3.04. The Balaban J connectivity index is 1.54. The predicted octanol–water partition coefficient (Wildman–Crippen LogP) is 1.73. The maximum absolute atomic E-state index is 13.9. The zero-order valence-electron chi connectivity index (χ0n) is 12.2. The fraction of sp³-hybridized carbons (Fsp3) is 0.267. The molecule has 1 fully saturated rings. The molecule has 118 valence electrons. The van der Waals surface area contributed by atoms with Gasteiger partial charge in [-0.05, 0) is 12.1 Å². The molecule has 23 heavy (non-hydrogen) atoms. The number of nitrogens with zero attached hydrogens (tertiary/aromatic N) is 6. The Morgan fingerprint density at radius 1 is 1.00 bits per heavy atom. The SMILES string of the molecule is Fc1ccc(N2CCN(c3nccn4cnnc34)CC2)c(F)c1. The Morgan fingerprint density at radius 3 is 2.57 bits per heavy atom. The van der Waals surface area contributed by atoms with E-state index < -0.39 is 11.6 Å². The lowest BCUT2D eigenvalue weighted by atomic mass is 10.2. The van der Waals surface area contributed by atoms with Gasteiger partial charge >= 0.3 is 0 Å². The molecule has 0 radical (unpaired) electrons. The van der Waals surface area contributed by atoms with Gasteiger partial charge in [-0.25, -0.2) is 13.8 Å². The summed E-state index contributed by atoms with van der Waals surface area (Å²) in [6, 6.07) is 3.68. The van der Waals surface area contributed by atoms with Crippen LogP contribution in [0.15, 0.2) is 36.9 Å². The van der Waals surface area contributed by atoms with E-state index in [-0.39, 0.29) is 0 Å². The minimum atomic E-state index is -0.562. The maximum atomic E-state index is 13.9. The van der Waals surface area contributed by atoms with E-state index in [0.29, 0.717) is 37.5 Å². The zero-order valence-corrected chi connectivity index (χ0v) is 12.2. The lowest BCUT2D eigenvalue weighted by Gasteiger charge is -2.36. The minimum Gasteiger partial charge on any atom is -0.366 e. The van der Waals surface area contributed by atoms with Crippen molar-refractivity contribution < 1.29 is 8.78 Å². The summed E-state index contributed by atoms with van der Waals surface area (Å²) in [5.41, 5.74) is 1.13. The zero-order chi connectivity index (χ0) is 15.8. The first kappa shape index (κ1) is 13.9. The first-order valence-corrected chi connectivity index (χ1v) is 7.32. The van der Waals surface area contributed by atoms with Crippen LogP contribution in [0.2, 0.25) is 0 Å². The van der Waals surface area contributed by atoms with Gasteiger partial charge in [0.25, 0.3) is 0 Å². The fourth-order valence-corrected chi connectivity index (χ4v) is 2.87. The van der Waals surface area contributed by atoms with Crippen LogP contribution in [0.1, 0.15) is 0 Å². The second-order valence-corrected chi connectivity index (χ2v) is 5.38. The third kappa shape index (κ3) is 2.45. The van der Waals surface area contributed by atoms with Crippen molar-refractivity contribution in [2.45, 2.75) is 0 Å². The van der Waals surface area contributed by atoms with Crippen molar-refractivity contribution >= 4 is 17.2 Å². The molecule has 0 aliphatic carbocycles. The third-order valence-electron chi connectivity index (χ3n) is 4.03. The Kier molecular flexibility index (Phi) is 3.29. The maximum Gasteiger partial charge on any atom is 0.203 e. The van der Waals surface area contributed by atoms with E-state index in [4.69, 9.17) is 0 Å². The topological polar surface area (TPSA) is 49.6 Å². The molecule has 0 atom stereocenters. The first-order chi connectivity index (χ1) is 11.2. The fourth-order valence-electron chi connectivity index (χ4n) is 2.87. The highest BCUT2D eigenvalue weighted by Gasteiger charge is 2.22. The van der Waals surface area contributed by atoms with Crippen LogP contribution in [-0.4, -0.2) is 45.8 Å². The summed E-state index contributed by atoms with van der Waals surface area (Å²) in [7, 11) is 0. The lowest BCUT2D eigenvalue weighted by molar-refractivity contribution is 0.570. The molecule has 1 aromatic carbocycles. The van der Waals surface area contributed by atoms with Gasteiger partial charge in [0, 0.05) is 44.6 Å². The van der Waals surface area contributed by atoms with Gasteiger partial charge in [-0.2, -0.15) is 0 Å². The van der Waals surface area contributed by atoms with Crippen molar-refractivity contribution in [2.75, 3.05) is 36.0 Å². The molecule has 2 aromatic heterocycles. The molecule has 0 unspecified atom stereocenters. The van der Waals surface area contributed by atoms with Gasteiger partial charge in [0.05, 0.1) is 5.69 Å². The standard InChI is InChI=1S/C15H14F2N6/c16-11-1-2-13(12(17)9-11)21-5-7-22(8-6-21)14-15-20-19-10-23(15)4-3-18-14/h1-4,9-10H,5-8H2. The normalized spacial score (nSPS) is 15.4. The number of anilines is 2. The molecule has 1 saturated heterocycles. The van der Waals surface area contributed by atoms with E-state index in [1.54, 1.807) is 18.7 Å². The monoisotopic (exact) mass is 316 g/mol. The molecule has 0 saturated carbocycles. The van der Waals surface area contributed by atoms with Crippen LogP contribution in [0.3, 0.4) is 0 Å². The van der Waals surface area contributed by atoms with Gasteiger partial charge < -0.3 is 9.80 Å². The Hall–Kier alpha value is -2.77. The van der Waals surface area contributed by atoms with Crippen LogP contribution < -0.4 is 9.80 Å². The van der Waals surface area contributed by atoms with E-state index in [1.807, 2.05) is 9.30 Å². The van der Waals surface area contributed by atoms with Crippen LogP contribution in [-0.2, 0) is 0 Å². The summed E-state index contributed by atoms with van der Waals surface area (Å²) >= 11 is 0. The number of aromatic nitrogens is 4. The first-order valence-electron chi connectivity index (χ1n) is 7.32. The molecule has 0 spiro atoms. The van der Waals surface area contributed by atoms with E-state index in [2.05, 4.69) is 20.1 Å². The predicted molar refractivity (Wildman–Crippen MR) is 81.6 cm³/mol. The van der Waals surface area contributed by atoms with Crippen LogP contribution >= 0.6 is 0 Å². The molecular formula is C15H14F2N6. The van der Waals surface area contributed by atoms with Crippen molar-refractivity contribution in [3.05, 3.63) is 48.6 Å². The quantitative estimate of drug-likeness (QED) is 0.721. The molecule has 6 nitrogen and oxygen atoms in total. The third-order valence-corrected chi connectivity index (χ3v) is 4.03. The number of benzene rings is 1. The van der Waals surface area contributed by atoms with Crippen molar-refractivity contribution in [2.24, 2.45) is 0 Å². The highest BCUT2D eigenvalue weighted by atomic mass is 19.1. The molecule has 0 N–H and O–H groups in total. The van der Waals surface area contributed by atoms with Crippen LogP contribution in [0.5, 0.6) is 0 Å². The van der Waals surface area contributed by atoms with Gasteiger partial charge in [-0.15, -0.1) is 10.2 Å². The Labute approximate surface area is 131 Å². The van der Waals surface area contributed by atoms with Crippen molar-refractivity contribution in [1.82, 2.24) is 19.6 Å². The number of fused-ring (bicyclic) bond motifs is 1. The summed E-state index contributed by atoms with van der Waals surface area (Å²) < 4.78 is 28.7. The van der Waals surface area contributed by atoms with Crippen LogP contribution in [0.25, 0.3) is 5.65 Å². The van der Waals surface area contributed by atoms with Crippen molar-refractivity contribution in [3.63, 3.8) is 0 Å². The molecule has 1 aliphatic heterocycles. The van der Waals surface area contributed by atoms with Gasteiger partial charge in [0.1, 0.15) is 18.0 Å². The number of halogens is 2. The van der Waals surface area contributed by atoms with Gasteiger partial charge in [0.2, 0.25) is 5.65 Å². The summed E-state index contributed by atoms with van der Waals surface area (Å²) in [6.07, 6.45) is 5.13. The molecule has 4 rings (SSSR count). The molecular weight excluding hydrogens is 302 g/mol. The number of hydrogen-bond donors (Lipinski definition) is 0. The molecule has 1 aliphatic rings. The second kappa shape index (κ2) is 5.45. The molecule has 8 heteroatoms. The van der Waals surface area contributed by atoms with Crippen LogP contribution in [0.4, 0.5) is 20.3 Å². The average molecular weight is 316 g/mol. The number of hydrogen-bond acceptors (Lipinski definition) is 5. The van der Waals surface area contributed by atoms with E-state index in [9.17, 15) is 8.78 Å². The van der Waals surface area contributed by atoms with E-state index >= 15 is 0 Å². The highest BCUT2D eigenvalue weighted by molar-refractivity contribution is 5.64. The smallest absolute Gasteiger partial charge is 0.203 e. The second-order valence-electron chi connectivity index (χ2n) is 5.38. The number of rotatable bonds is 2. The lowest BCUT2D eigenvalue weighted by Crippen LogP contribution is -2.47. The van der Waals surface area contributed by atoms with Gasteiger partial charge in [-0.1, -0.05) is 0 Å². The molecule has 3 aromatic rings. The Morgan fingerprint density at radius 2 is 1.78 bits per heavy atom. The summed E-state index contributed by atoms with van der Waals surface area (Å²) in [6.45, 7) is 2.60. The van der Waals surface area contributed by atoms with E-state index in [1.165, 1.54) is 12.1 Å². The van der Waals surface area contributed by atoms with E-state index in [0.717, 1.165) is 11.9 Å². The van der Waals surface area contributed by atoms with Crippen molar-refractivity contribution in [3.8, 4) is 0 Å².